The van der Waals surface area contributed by atoms with E-state index in [0.717, 1.165) is 58.4 Å². The molecule has 0 saturated heterocycles. The fourth-order valence-corrected chi connectivity index (χ4v) is 3.81. The molecule has 1 amide bonds. The van der Waals surface area contributed by atoms with Crippen LogP contribution in [0.3, 0.4) is 0 Å². The molecule has 3 aromatic rings. The van der Waals surface area contributed by atoms with Crippen LogP contribution in [0.25, 0.3) is 16.5 Å². The van der Waals surface area contributed by atoms with Gasteiger partial charge in [0.15, 0.2) is 5.82 Å². The number of hydrogen-bond acceptors (Lipinski definition) is 5. The molecule has 1 aromatic carbocycles. The summed E-state index contributed by atoms with van der Waals surface area (Å²) in [4.78, 5) is 12.3. The van der Waals surface area contributed by atoms with Crippen molar-refractivity contribution in [3.8, 4) is 5.75 Å². The second-order valence-electron chi connectivity index (χ2n) is 6.87. The predicted molar refractivity (Wildman–Crippen MR) is 103 cm³/mol. The fraction of sp³-hybridized carbons (Fsp3) is 0.333. The number of anilines is 1. The van der Waals surface area contributed by atoms with Crippen molar-refractivity contribution < 1.29 is 18.5 Å². The number of carbonyl (C=O) groups excluding carboxylic acids is 1. The summed E-state index contributed by atoms with van der Waals surface area (Å²) >= 11 is 0. The molecule has 6 heteroatoms. The van der Waals surface area contributed by atoms with E-state index < -0.39 is 0 Å². The van der Waals surface area contributed by atoms with E-state index in [1.807, 2.05) is 13.8 Å². The van der Waals surface area contributed by atoms with Crippen LogP contribution in [0.4, 0.5) is 5.82 Å². The van der Waals surface area contributed by atoms with Crippen LogP contribution in [0.2, 0.25) is 0 Å². The minimum absolute atomic E-state index is 0.268. The Hall–Kier alpha value is -3.02. The van der Waals surface area contributed by atoms with Gasteiger partial charge in [0.05, 0.1) is 7.11 Å². The number of fused-ring (bicyclic) bond motifs is 3. The fourth-order valence-electron chi connectivity index (χ4n) is 3.81. The number of allylic oxidation sites excluding steroid dienone is 1. The van der Waals surface area contributed by atoms with E-state index in [0.29, 0.717) is 5.82 Å². The average Bonchev–Trinajstić information content (AvgIpc) is 3.29. The van der Waals surface area contributed by atoms with E-state index in [-0.39, 0.29) is 5.91 Å². The molecule has 2 aromatic heterocycles. The van der Waals surface area contributed by atoms with Gasteiger partial charge in [0, 0.05) is 40.6 Å². The molecule has 0 fully saturated rings. The van der Waals surface area contributed by atoms with Gasteiger partial charge in [-0.1, -0.05) is 5.16 Å². The summed E-state index contributed by atoms with van der Waals surface area (Å²) < 4.78 is 16.6. The van der Waals surface area contributed by atoms with Crippen molar-refractivity contribution in [3.63, 3.8) is 0 Å². The molecule has 2 heterocycles. The molecule has 0 saturated carbocycles. The number of benzene rings is 1. The van der Waals surface area contributed by atoms with Gasteiger partial charge in [-0.25, -0.2) is 0 Å². The number of rotatable bonds is 4. The average molecular weight is 366 g/mol. The summed E-state index contributed by atoms with van der Waals surface area (Å²) in [5.41, 5.74) is 4.85. The molecule has 1 aliphatic carbocycles. The molecule has 6 nitrogen and oxygen atoms in total. The molecule has 1 N–H and O–H groups in total. The lowest BCUT2D eigenvalue weighted by Gasteiger charge is -2.13. The van der Waals surface area contributed by atoms with Gasteiger partial charge in [0.2, 0.25) is 5.91 Å². The van der Waals surface area contributed by atoms with E-state index in [2.05, 4.69) is 16.5 Å². The maximum atomic E-state index is 12.3. The molecule has 0 aliphatic heterocycles. The summed E-state index contributed by atoms with van der Waals surface area (Å²) in [6.07, 6.45) is 7.31. The maximum absolute atomic E-state index is 12.3. The summed E-state index contributed by atoms with van der Waals surface area (Å²) in [5.74, 6) is 1.93. The summed E-state index contributed by atoms with van der Waals surface area (Å²) in [6, 6.07) is 3.68. The first kappa shape index (κ1) is 17.4. The quantitative estimate of drug-likeness (QED) is 0.680. The van der Waals surface area contributed by atoms with Crippen molar-refractivity contribution >= 4 is 28.3 Å². The van der Waals surface area contributed by atoms with Gasteiger partial charge in [-0.2, -0.15) is 0 Å². The second-order valence-corrected chi connectivity index (χ2v) is 6.87. The molecule has 4 rings (SSSR count). The molecule has 0 spiro atoms. The predicted octanol–water partition coefficient (Wildman–Crippen LogP) is 4.66. The topological polar surface area (TPSA) is 77.5 Å². The highest BCUT2D eigenvalue weighted by molar-refractivity contribution is 6.04. The SMILES string of the molecule is COc1c(/C(C)=C/C(=O)Nc2ccon2)cc2c3c(oc2c1C)CCCC3. The Kier molecular flexibility index (Phi) is 4.48. The molecule has 0 atom stereocenters. The third-order valence-corrected chi connectivity index (χ3v) is 5.09. The van der Waals surface area contributed by atoms with Crippen LogP contribution >= 0.6 is 0 Å². The van der Waals surface area contributed by atoms with Crippen molar-refractivity contribution in [2.75, 3.05) is 12.4 Å². The number of nitrogens with zero attached hydrogens (tertiary/aromatic N) is 1. The molecular weight excluding hydrogens is 344 g/mol. The minimum atomic E-state index is -0.268. The second kappa shape index (κ2) is 6.95. The van der Waals surface area contributed by atoms with Gasteiger partial charge >= 0.3 is 0 Å². The van der Waals surface area contributed by atoms with Crippen LogP contribution in [-0.2, 0) is 17.6 Å². The number of hydrogen-bond donors (Lipinski definition) is 1. The third-order valence-electron chi connectivity index (χ3n) is 5.09. The molecule has 140 valence electrons. The summed E-state index contributed by atoms with van der Waals surface area (Å²) in [7, 11) is 1.64. The van der Waals surface area contributed by atoms with E-state index >= 15 is 0 Å². The molecular formula is C21H22N2O4. The zero-order chi connectivity index (χ0) is 19.0. The molecule has 0 radical (unpaired) electrons. The highest BCUT2D eigenvalue weighted by Gasteiger charge is 2.23. The van der Waals surface area contributed by atoms with E-state index in [1.54, 1.807) is 19.3 Å². The highest BCUT2D eigenvalue weighted by Crippen LogP contribution is 2.40. The number of furan rings is 1. The Bertz CT molecular complexity index is 1030. The number of aryl methyl sites for hydroxylation is 3. The zero-order valence-corrected chi connectivity index (χ0v) is 15.7. The third kappa shape index (κ3) is 3.12. The van der Waals surface area contributed by atoms with Crippen molar-refractivity contribution in [3.05, 3.63) is 46.9 Å². The lowest BCUT2D eigenvalue weighted by atomic mass is 9.93. The van der Waals surface area contributed by atoms with Gasteiger partial charge in [-0.05, 0) is 44.7 Å². The van der Waals surface area contributed by atoms with Gasteiger partial charge in [-0.3, -0.25) is 4.79 Å². The Morgan fingerprint density at radius 2 is 2.15 bits per heavy atom. The lowest BCUT2D eigenvalue weighted by Crippen LogP contribution is -2.09. The number of carbonyl (C=O) groups is 1. The number of ether oxygens (including phenoxy) is 1. The monoisotopic (exact) mass is 366 g/mol. The van der Waals surface area contributed by atoms with Gasteiger partial charge in [-0.15, -0.1) is 0 Å². The van der Waals surface area contributed by atoms with Gasteiger partial charge in [0.25, 0.3) is 0 Å². The molecule has 27 heavy (non-hydrogen) atoms. The Labute approximate surface area is 157 Å². The first-order chi connectivity index (χ1) is 13.1. The maximum Gasteiger partial charge on any atom is 0.249 e. The number of nitrogens with one attached hydrogen (secondary N) is 1. The van der Waals surface area contributed by atoms with Crippen molar-refractivity contribution in [2.45, 2.75) is 39.5 Å². The summed E-state index contributed by atoms with van der Waals surface area (Å²) in [6.45, 7) is 3.90. The first-order valence-electron chi connectivity index (χ1n) is 9.10. The van der Waals surface area contributed by atoms with Gasteiger partial charge in [0.1, 0.15) is 23.4 Å². The van der Waals surface area contributed by atoms with Crippen LogP contribution in [-0.4, -0.2) is 18.2 Å². The van der Waals surface area contributed by atoms with Crippen LogP contribution < -0.4 is 10.1 Å². The Balaban J connectivity index is 1.77. The van der Waals surface area contributed by atoms with Crippen LogP contribution in [0.15, 0.2) is 33.4 Å². The molecule has 1 aliphatic rings. The van der Waals surface area contributed by atoms with Crippen molar-refractivity contribution in [1.82, 2.24) is 5.16 Å². The van der Waals surface area contributed by atoms with Crippen LogP contribution in [0, 0.1) is 6.92 Å². The Morgan fingerprint density at radius 3 is 2.89 bits per heavy atom. The number of methoxy groups -OCH3 is 1. The smallest absolute Gasteiger partial charge is 0.249 e. The normalized spacial score (nSPS) is 14.3. The van der Waals surface area contributed by atoms with Crippen molar-refractivity contribution in [1.29, 1.82) is 0 Å². The van der Waals surface area contributed by atoms with Crippen LogP contribution in [0.5, 0.6) is 5.75 Å². The van der Waals surface area contributed by atoms with E-state index in [4.69, 9.17) is 13.7 Å². The van der Waals surface area contributed by atoms with Gasteiger partial charge < -0.3 is 19.0 Å². The molecule has 0 unspecified atom stereocenters. The number of amides is 1. The Morgan fingerprint density at radius 1 is 1.33 bits per heavy atom. The van der Waals surface area contributed by atoms with E-state index in [1.165, 1.54) is 18.2 Å². The summed E-state index contributed by atoms with van der Waals surface area (Å²) in [5, 5.41) is 7.50. The number of aromatic nitrogens is 1. The lowest BCUT2D eigenvalue weighted by molar-refractivity contribution is -0.111. The van der Waals surface area contributed by atoms with E-state index in [9.17, 15) is 4.79 Å². The van der Waals surface area contributed by atoms with Crippen molar-refractivity contribution in [2.24, 2.45) is 0 Å². The largest absolute Gasteiger partial charge is 0.496 e. The molecule has 0 bridgehead atoms. The van der Waals surface area contributed by atoms with Crippen LogP contribution in [0.1, 0.15) is 42.2 Å². The minimum Gasteiger partial charge on any atom is -0.496 e. The standard InChI is InChI=1S/C21H22N2O4/c1-12(10-19(24)22-18-8-9-26-23-18)15-11-16-14-6-4-5-7-17(14)27-21(16)13(2)20(15)25-3/h8-11H,4-7H2,1-3H3,(H,22,23,24)/b12-10+. The first-order valence-corrected chi connectivity index (χ1v) is 9.10. The highest BCUT2D eigenvalue weighted by atomic mass is 16.5. The zero-order valence-electron chi connectivity index (χ0n) is 15.7.